The first-order valence-corrected chi connectivity index (χ1v) is 11.7. The Morgan fingerprint density at radius 1 is 1.07 bits per heavy atom. The molecule has 2 aromatic carbocycles. The minimum atomic E-state index is -3.79. The number of halogens is 1. The predicted octanol–water partition coefficient (Wildman–Crippen LogP) is 4.77. The van der Waals surface area contributed by atoms with Crippen LogP contribution in [-0.4, -0.2) is 24.3 Å². The molecular formula is C18H13ClN4O3S3. The average molecular weight is 465 g/mol. The van der Waals surface area contributed by atoms with E-state index in [1.54, 1.807) is 24.4 Å². The molecule has 0 radical (unpaired) electrons. The van der Waals surface area contributed by atoms with Crippen LogP contribution in [-0.2, 0) is 10.0 Å². The van der Waals surface area contributed by atoms with E-state index in [1.807, 2.05) is 6.92 Å². The van der Waals surface area contributed by atoms with Gasteiger partial charge in [-0.3, -0.25) is 14.8 Å². The molecule has 11 heteroatoms. The van der Waals surface area contributed by atoms with Gasteiger partial charge in [0.25, 0.3) is 15.9 Å². The molecule has 7 nitrogen and oxygen atoms in total. The van der Waals surface area contributed by atoms with Gasteiger partial charge in [0.15, 0.2) is 10.3 Å². The second kappa shape index (κ2) is 7.71. The van der Waals surface area contributed by atoms with Crippen molar-refractivity contribution in [1.82, 2.24) is 9.97 Å². The lowest BCUT2D eigenvalue weighted by Crippen LogP contribution is -2.12. The van der Waals surface area contributed by atoms with E-state index < -0.39 is 10.0 Å². The lowest BCUT2D eigenvalue weighted by molar-refractivity contribution is 0.102. The summed E-state index contributed by atoms with van der Waals surface area (Å²) in [6.07, 6.45) is 1.69. The van der Waals surface area contributed by atoms with Crippen molar-refractivity contribution in [2.45, 2.75) is 11.8 Å². The number of rotatable bonds is 5. The zero-order chi connectivity index (χ0) is 20.6. The Kier molecular flexibility index (Phi) is 5.26. The molecule has 4 rings (SSSR count). The van der Waals surface area contributed by atoms with Crippen LogP contribution in [0.15, 0.2) is 53.6 Å². The lowest BCUT2D eigenvalue weighted by Gasteiger charge is -2.04. The van der Waals surface area contributed by atoms with Crippen molar-refractivity contribution < 1.29 is 13.2 Å². The molecule has 0 saturated heterocycles. The van der Waals surface area contributed by atoms with Crippen LogP contribution in [0, 0.1) is 6.92 Å². The number of nitrogens with zero attached hydrogens (tertiary/aromatic N) is 2. The number of anilines is 2. The smallest absolute Gasteiger partial charge is 0.263 e. The summed E-state index contributed by atoms with van der Waals surface area (Å²) in [6, 6.07) is 10.8. The maximum atomic E-state index is 12.5. The normalized spacial score (nSPS) is 11.5. The largest absolute Gasteiger partial charge is 0.298 e. The third kappa shape index (κ3) is 4.40. The third-order valence-corrected chi connectivity index (χ3v) is 7.34. The summed E-state index contributed by atoms with van der Waals surface area (Å²) in [4.78, 5) is 21.9. The number of carbonyl (C=O) groups is 1. The molecule has 0 saturated carbocycles. The van der Waals surface area contributed by atoms with E-state index in [4.69, 9.17) is 11.6 Å². The zero-order valence-electron chi connectivity index (χ0n) is 14.8. The van der Waals surface area contributed by atoms with Crippen LogP contribution in [0.25, 0.3) is 10.2 Å². The molecule has 1 amide bonds. The molecule has 4 aromatic rings. The van der Waals surface area contributed by atoms with Crippen molar-refractivity contribution in [3.63, 3.8) is 0 Å². The highest BCUT2D eigenvalue weighted by Gasteiger charge is 2.17. The van der Waals surface area contributed by atoms with E-state index in [9.17, 15) is 13.2 Å². The highest BCUT2D eigenvalue weighted by molar-refractivity contribution is 7.93. The van der Waals surface area contributed by atoms with Gasteiger partial charge in [-0.1, -0.05) is 22.9 Å². The fourth-order valence-corrected chi connectivity index (χ4v) is 5.40. The SMILES string of the molecule is Cc1cnc(NC(=O)c2ccc3nc(NS(=O)(=O)c4ccc(Cl)cc4)sc3c2)s1. The average Bonchev–Trinajstić information content (AvgIpc) is 3.25. The van der Waals surface area contributed by atoms with E-state index in [0.29, 0.717) is 25.9 Å². The third-order valence-electron chi connectivity index (χ3n) is 3.84. The molecule has 0 bridgehead atoms. The molecule has 2 N–H and O–H groups in total. The minimum Gasteiger partial charge on any atom is -0.298 e. The fourth-order valence-electron chi connectivity index (χ4n) is 2.48. The van der Waals surface area contributed by atoms with Crippen LogP contribution in [0.4, 0.5) is 10.3 Å². The highest BCUT2D eigenvalue weighted by atomic mass is 35.5. The summed E-state index contributed by atoms with van der Waals surface area (Å²) in [7, 11) is -3.79. The first-order valence-electron chi connectivity index (χ1n) is 8.23. The quantitative estimate of drug-likeness (QED) is 0.443. The highest BCUT2D eigenvalue weighted by Crippen LogP contribution is 2.29. The van der Waals surface area contributed by atoms with Gasteiger partial charge >= 0.3 is 0 Å². The van der Waals surface area contributed by atoms with Gasteiger partial charge in [-0.2, -0.15) is 0 Å². The Hall–Kier alpha value is -2.53. The second-order valence-electron chi connectivity index (χ2n) is 5.99. The Labute approximate surface area is 179 Å². The van der Waals surface area contributed by atoms with Gasteiger partial charge in [-0.05, 0) is 49.4 Å². The number of sulfonamides is 1. The van der Waals surface area contributed by atoms with Gasteiger partial charge < -0.3 is 0 Å². The van der Waals surface area contributed by atoms with Crippen molar-refractivity contribution >= 4 is 70.7 Å². The molecule has 0 aliphatic rings. The molecule has 0 unspecified atom stereocenters. The van der Waals surface area contributed by atoms with Crippen LogP contribution in [0.2, 0.25) is 5.02 Å². The second-order valence-corrected chi connectivity index (χ2v) is 10.4. The van der Waals surface area contributed by atoms with Gasteiger partial charge in [0.2, 0.25) is 0 Å². The van der Waals surface area contributed by atoms with Gasteiger partial charge in [0.1, 0.15) is 0 Å². The van der Waals surface area contributed by atoms with Gasteiger partial charge in [0, 0.05) is 21.7 Å². The first kappa shape index (κ1) is 19.8. The van der Waals surface area contributed by atoms with Crippen LogP contribution in [0.5, 0.6) is 0 Å². The summed E-state index contributed by atoms with van der Waals surface area (Å²) >= 11 is 8.34. The van der Waals surface area contributed by atoms with Crippen molar-refractivity contribution in [2.24, 2.45) is 0 Å². The van der Waals surface area contributed by atoms with Crippen molar-refractivity contribution in [3.8, 4) is 0 Å². The van der Waals surface area contributed by atoms with E-state index in [0.717, 1.165) is 16.2 Å². The van der Waals surface area contributed by atoms with Crippen molar-refractivity contribution in [1.29, 1.82) is 0 Å². The number of hydrogen-bond donors (Lipinski definition) is 2. The van der Waals surface area contributed by atoms with Crippen LogP contribution >= 0.6 is 34.3 Å². The van der Waals surface area contributed by atoms with Gasteiger partial charge in [-0.25, -0.2) is 18.4 Å². The number of aryl methyl sites for hydroxylation is 1. The van der Waals surface area contributed by atoms with Gasteiger partial charge in [0.05, 0.1) is 15.1 Å². The summed E-state index contributed by atoms with van der Waals surface area (Å²) < 4.78 is 28.2. The monoisotopic (exact) mass is 464 g/mol. The van der Waals surface area contributed by atoms with E-state index in [2.05, 4.69) is 20.0 Å². The van der Waals surface area contributed by atoms with Crippen molar-refractivity contribution in [3.05, 3.63) is 64.1 Å². The van der Waals surface area contributed by atoms with Crippen LogP contribution in [0.1, 0.15) is 15.2 Å². The van der Waals surface area contributed by atoms with Crippen molar-refractivity contribution in [2.75, 3.05) is 10.0 Å². The lowest BCUT2D eigenvalue weighted by atomic mass is 10.2. The number of carbonyl (C=O) groups excluding carboxylic acids is 1. The maximum Gasteiger partial charge on any atom is 0.263 e. The maximum absolute atomic E-state index is 12.5. The van der Waals surface area contributed by atoms with E-state index >= 15 is 0 Å². The Morgan fingerprint density at radius 3 is 2.52 bits per heavy atom. The van der Waals surface area contributed by atoms with Crippen LogP contribution in [0.3, 0.4) is 0 Å². The molecule has 29 heavy (non-hydrogen) atoms. The topological polar surface area (TPSA) is 101 Å². The Bertz CT molecular complexity index is 1310. The summed E-state index contributed by atoms with van der Waals surface area (Å²) in [5, 5.41) is 3.92. The summed E-state index contributed by atoms with van der Waals surface area (Å²) in [5.41, 5.74) is 1.02. The molecule has 148 valence electrons. The van der Waals surface area contributed by atoms with Gasteiger partial charge in [-0.15, -0.1) is 11.3 Å². The first-order chi connectivity index (χ1) is 13.8. The summed E-state index contributed by atoms with van der Waals surface area (Å²) in [5.74, 6) is -0.294. The molecule has 0 aliphatic heterocycles. The Balaban J connectivity index is 1.56. The molecular weight excluding hydrogens is 452 g/mol. The molecule has 0 fully saturated rings. The number of fused-ring (bicyclic) bond motifs is 1. The number of amides is 1. The molecule has 0 aliphatic carbocycles. The number of nitrogens with one attached hydrogen (secondary N) is 2. The zero-order valence-corrected chi connectivity index (χ0v) is 18.0. The number of thiazole rings is 2. The minimum absolute atomic E-state index is 0.0833. The predicted molar refractivity (Wildman–Crippen MR) is 117 cm³/mol. The fraction of sp³-hybridized carbons (Fsp3) is 0.0556. The van der Waals surface area contributed by atoms with Crippen LogP contribution < -0.4 is 10.0 Å². The van der Waals surface area contributed by atoms with E-state index in [-0.39, 0.29) is 15.9 Å². The molecule has 0 spiro atoms. The Morgan fingerprint density at radius 2 is 1.83 bits per heavy atom. The molecule has 0 atom stereocenters. The standard InChI is InChI=1S/C18H13ClN4O3S3/c1-10-9-20-17(27-10)22-16(24)11-2-7-14-15(8-11)28-18(21-14)23-29(25,26)13-5-3-12(19)4-6-13/h2-9H,1H3,(H,21,23)(H,20,22,24). The number of aromatic nitrogens is 2. The molecule has 2 heterocycles. The number of benzene rings is 2. The van der Waals surface area contributed by atoms with E-state index in [1.165, 1.54) is 35.6 Å². The summed E-state index contributed by atoms with van der Waals surface area (Å²) in [6.45, 7) is 1.91. The number of hydrogen-bond acceptors (Lipinski definition) is 7. The molecule has 2 aromatic heterocycles.